The van der Waals surface area contributed by atoms with Crippen LogP contribution in [0.15, 0.2) is 6.20 Å². The van der Waals surface area contributed by atoms with Crippen molar-refractivity contribution in [3.8, 4) is 11.3 Å². The van der Waals surface area contributed by atoms with Crippen LogP contribution in [0.3, 0.4) is 0 Å². The van der Waals surface area contributed by atoms with E-state index < -0.39 is 0 Å². The topological polar surface area (TPSA) is 61.7 Å². The molecule has 2 rings (SSSR count). The molecule has 0 fully saturated rings. The molecule has 0 atom stereocenters. The Morgan fingerprint density at radius 2 is 1.94 bits per heavy atom. The first-order valence-electron chi connectivity index (χ1n) is 5.74. The molecule has 2 aromatic rings. The first-order valence-corrected chi connectivity index (χ1v) is 5.74. The average molecular weight is 233 g/mol. The fourth-order valence-corrected chi connectivity index (χ4v) is 2.08. The highest BCUT2D eigenvalue weighted by Gasteiger charge is 2.18. The zero-order valence-corrected chi connectivity index (χ0v) is 11.0. The molecule has 0 bridgehead atoms. The van der Waals surface area contributed by atoms with Crippen LogP contribution in [0.4, 0.5) is 5.82 Å². The molecule has 2 aromatic heterocycles. The summed E-state index contributed by atoms with van der Waals surface area (Å²) in [5.41, 5.74) is 8.91. The smallest absolute Gasteiger partial charge is 0.131 e. The third-order valence-electron chi connectivity index (χ3n) is 2.96. The number of hydrogen-bond donors (Lipinski definition) is 1. The molecule has 0 amide bonds. The van der Waals surface area contributed by atoms with Crippen LogP contribution in [-0.4, -0.2) is 19.3 Å². The molecule has 5 heteroatoms. The first kappa shape index (κ1) is 11.7. The van der Waals surface area contributed by atoms with E-state index in [2.05, 4.69) is 23.9 Å². The molecule has 5 nitrogen and oxygen atoms in total. The van der Waals surface area contributed by atoms with Crippen molar-refractivity contribution >= 4 is 5.82 Å². The predicted octanol–water partition coefficient (Wildman–Crippen LogP) is 1.83. The van der Waals surface area contributed by atoms with Gasteiger partial charge in [-0.2, -0.15) is 5.10 Å². The van der Waals surface area contributed by atoms with Crippen LogP contribution in [0, 0.1) is 6.92 Å². The normalized spacial score (nSPS) is 11.4. The van der Waals surface area contributed by atoms with Crippen LogP contribution in [0.25, 0.3) is 11.3 Å². The Hall–Kier alpha value is -1.78. The maximum Gasteiger partial charge on any atom is 0.131 e. The van der Waals surface area contributed by atoms with Crippen LogP contribution in [0.2, 0.25) is 0 Å². The minimum Gasteiger partial charge on any atom is -0.383 e. The van der Waals surface area contributed by atoms with E-state index in [0.29, 0.717) is 11.7 Å². The zero-order valence-electron chi connectivity index (χ0n) is 11.0. The molecule has 0 aliphatic carbocycles. The van der Waals surface area contributed by atoms with E-state index in [-0.39, 0.29) is 0 Å². The van der Waals surface area contributed by atoms with Crippen molar-refractivity contribution in [2.24, 2.45) is 14.1 Å². The SMILES string of the molecule is Cc1nn(C)cc1-c1nc(C(C)C)n(C)c1N. The summed E-state index contributed by atoms with van der Waals surface area (Å²) >= 11 is 0. The van der Waals surface area contributed by atoms with Crippen molar-refractivity contribution in [1.29, 1.82) is 0 Å². The summed E-state index contributed by atoms with van der Waals surface area (Å²) in [5.74, 6) is 2.05. The largest absolute Gasteiger partial charge is 0.383 e. The minimum absolute atomic E-state index is 0.355. The Bertz CT molecular complexity index is 547. The van der Waals surface area contributed by atoms with E-state index in [4.69, 9.17) is 5.73 Å². The Morgan fingerprint density at radius 3 is 2.35 bits per heavy atom. The number of anilines is 1. The molecule has 0 spiro atoms. The Morgan fingerprint density at radius 1 is 1.29 bits per heavy atom. The van der Waals surface area contributed by atoms with E-state index in [1.165, 1.54) is 0 Å². The van der Waals surface area contributed by atoms with Gasteiger partial charge < -0.3 is 10.3 Å². The van der Waals surface area contributed by atoms with Crippen LogP contribution < -0.4 is 5.73 Å². The number of hydrogen-bond acceptors (Lipinski definition) is 3. The van der Waals surface area contributed by atoms with Crippen molar-refractivity contribution < 1.29 is 0 Å². The lowest BCUT2D eigenvalue weighted by Gasteiger charge is -2.04. The molecule has 0 radical (unpaired) electrons. The van der Waals surface area contributed by atoms with Crippen molar-refractivity contribution in [3.05, 3.63) is 17.7 Å². The van der Waals surface area contributed by atoms with Crippen molar-refractivity contribution in [3.63, 3.8) is 0 Å². The van der Waals surface area contributed by atoms with E-state index in [1.54, 1.807) is 4.68 Å². The molecular weight excluding hydrogens is 214 g/mol. The second-order valence-corrected chi connectivity index (χ2v) is 4.72. The van der Waals surface area contributed by atoms with Gasteiger partial charge in [-0.15, -0.1) is 0 Å². The van der Waals surface area contributed by atoms with Gasteiger partial charge in [0.15, 0.2) is 0 Å². The molecule has 0 aliphatic rings. The number of rotatable bonds is 2. The Balaban J connectivity index is 2.61. The Kier molecular flexibility index (Phi) is 2.69. The van der Waals surface area contributed by atoms with Crippen LogP contribution in [0.5, 0.6) is 0 Å². The van der Waals surface area contributed by atoms with Gasteiger partial charge in [-0.3, -0.25) is 4.68 Å². The number of nitrogen functional groups attached to an aromatic ring is 1. The Labute approximate surface area is 101 Å². The van der Waals surface area contributed by atoms with E-state index in [9.17, 15) is 0 Å². The summed E-state index contributed by atoms with van der Waals surface area (Å²) in [5, 5.41) is 4.32. The monoisotopic (exact) mass is 233 g/mol. The number of nitrogens with zero attached hydrogens (tertiary/aromatic N) is 4. The fourth-order valence-electron chi connectivity index (χ4n) is 2.08. The third-order valence-corrected chi connectivity index (χ3v) is 2.96. The van der Waals surface area contributed by atoms with Crippen molar-refractivity contribution in [2.45, 2.75) is 26.7 Å². The van der Waals surface area contributed by atoms with Gasteiger partial charge in [0, 0.05) is 31.8 Å². The van der Waals surface area contributed by atoms with Crippen LogP contribution >= 0.6 is 0 Å². The van der Waals surface area contributed by atoms with E-state index in [1.807, 2.05) is 31.8 Å². The van der Waals surface area contributed by atoms with Gasteiger partial charge in [-0.1, -0.05) is 13.8 Å². The quantitative estimate of drug-likeness (QED) is 0.860. The highest BCUT2D eigenvalue weighted by molar-refractivity contribution is 5.72. The average Bonchev–Trinajstić information content (AvgIpc) is 2.70. The van der Waals surface area contributed by atoms with E-state index >= 15 is 0 Å². The molecular formula is C12H19N5. The van der Waals surface area contributed by atoms with Gasteiger partial charge in [-0.05, 0) is 6.92 Å². The second kappa shape index (κ2) is 3.91. The number of aryl methyl sites for hydroxylation is 2. The van der Waals surface area contributed by atoms with Gasteiger partial charge in [-0.25, -0.2) is 4.98 Å². The zero-order chi connectivity index (χ0) is 12.7. The van der Waals surface area contributed by atoms with Crippen LogP contribution in [0.1, 0.15) is 31.3 Å². The number of nitrogens with two attached hydrogens (primary N) is 1. The van der Waals surface area contributed by atoms with Gasteiger partial charge in [0.1, 0.15) is 17.3 Å². The molecule has 0 aliphatic heterocycles. The van der Waals surface area contributed by atoms with Gasteiger partial charge in [0.25, 0.3) is 0 Å². The summed E-state index contributed by atoms with van der Waals surface area (Å²) < 4.78 is 3.74. The standard InChI is InChI=1S/C12H19N5/c1-7(2)12-14-10(11(13)17(12)5)9-6-16(4)15-8(9)3/h6-7H,13H2,1-5H3. The fraction of sp³-hybridized carbons (Fsp3) is 0.500. The summed E-state index contributed by atoms with van der Waals surface area (Å²) in [6.07, 6.45) is 1.96. The molecule has 92 valence electrons. The number of aromatic nitrogens is 4. The summed E-state index contributed by atoms with van der Waals surface area (Å²) in [6, 6.07) is 0. The first-order chi connectivity index (χ1) is 7.91. The maximum absolute atomic E-state index is 6.11. The lowest BCUT2D eigenvalue weighted by Crippen LogP contribution is -2.02. The lowest BCUT2D eigenvalue weighted by molar-refractivity contribution is 0.715. The maximum atomic E-state index is 6.11. The summed E-state index contributed by atoms with van der Waals surface area (Å²) in [6.45, 7) is 6.20. The molecule has 2 heterocycles. The van der Waals surface area contributed by atoms with Crippen LogP contribution in [-0.2, 0) is 14.1 Å². The third kappa shape index (κ3) is 1.81. The molecule has 0 aromatic carbocycles. The summed E-state index contributed by atoms with van der Waals surface area (Å²) in [7, 11) is 3.85. The van der Waals surface area contributed by atoms with E-state index in [0.717, 1.165) is 22.8 Å². The van der Waals surface area contributed by atoms with Crippen molar-refractivity contribution in [1.82, 2.24) is 19.3 Å². The highest BCUT2D eigenvalue weighted by Crippen LogP contribution is 2.29. The summed E-state index contributed by atoms with van der Waals surface area (Å²) in [4.78, 5) is 4.64. The van der Waals surface area contributed by atoms with Crippen molar-refractivity contribution in [2.75, 3.05) is 5.73 Å². The molecule has 2 N–H and O–H groups in total. The van der Waals surface area contributed by atoms with Gasteiger partial charge in [0.2, 0.25) is 0 Å². The van der Waals surface area contributed by atoms with Gasteiger partial charge in [0.05, 0.1) is 5.69 Å². The molecule has 0 saturated heterocycles. The molecule has 0 saturated carbocycles. The lowest BCUT2D eigenvalue weighted by atomic mass is 10.2. The molecule has 0 unspecified atom stereocenters. The highest BCUT2D eigenvalue weighted by atomic mass is 15.3. The predicted molar refractivity (Wildman–Crippen MR) is 68.6 cm³/mol. The van der Waals surface area contributed by atoms with Gasteiger partial charge >= 0.3 is 0 Å². The second-order valence-electron chi connectivity index (χ2n) is 4.72. The molecule has 17 heavy (non-hydrogen) atoms. The number of imidazole rings is 1. The minimum atomic E-state index is 0.355.